The highest BCUT2D eigenvalue weighted by atomic mass is 16.7. The summed E-state index contributed by atoms with van der Waals surface area (Å²) >= 11 is 0. The first-order valence-corrected chi connectivity index (χ1v) is 9.81. The van der Waals surface area contributed by atoms with Crippen LogP contribution in [-0.4, -0.2) is 48.4 Å². The van der Waals surface area contributed by atoms with Gasteiger partial charge in [0.1, 0.15) is 0 Å². The molecule has 148 valence electrons. The zero-order valence-electron chi connectivity index (χ0n) is 16.1. The Hall–Kier alpha value is -2.73. The number of nitrogens with zero attached hydrogens (tertiary/aromatic N) is 2. The SMILES string of the molecule is CCN1Cc2cc3c(cc2N(CC(O)Cc2ccccc2)CCC1=O)OCO3. The molecule has 2 aromatic carbocycles. The third-order valence-corrected chi connectivity index (χ3v) is 5.35. The van der Waals surface area contributed by atoms with Gasteiger partial charge >= 0.3 is 0 Å². The van der Waals surface area contributed by atoms with Crippen molar-refractivity contribution in [3.8, 4) is 11.5 Å². The molecule has 4 rings (SSSR count). The Labute approximate surface area is 165 Å². The quantitative estimate of drug-likeness (QED) is 0.861. The Morgan fingerprint density at radius 2 is 1.86 bits per heavy atom. The summed E-state index contributed by atoms with van der Waals surface area (Å²) < 4.78 is 11.1. The second-order valence-electron chi connectivity index (χ2n) is 7.28. The Kier molecular flexibility index (Phi) is 5.39. The molecule has 1 N–H and O–H groups in total. The van der Waals surface area contributed by atoms with E-state index in [1.54, 1.807) is 0 Å². The van der Waals surface area contributed by atoms with Gasteiger partial charge in [-0.05, 0) is 24.1 Å². The van der Waals surface area contributed by atoms with E-state index in [0.717, 1.165) is 22.6 Å². The van der Waals surface area contributed by atoms with Crippen LogP contribution in [0.25, 0.3) is 0 Å². The van der Waals surface area contributed by atoms with Gasteiger partial charge in [0.05, 0.1) is 6.10 Å². The van der Waals surface area contributed by atoms with Crippen molar-refractivity contribution in [3.63, 3.8) is 0 Å². The molecule has 2 aliphatic heterocycles. The molecule has 0 saturated heterocycles. The van der Waals surface area contributed by atoms with Crippen LogP contribution in [-0.2, 0) is 17.8 Å². The van der Waals surface area contributed by atoms with Gasteiger partial charge in [-0.25, -0.2) is 0 Å². The fourth-order valence-corrected chi connectivity index (χ4v) is 3.88. The number of aliphatic hydroxyl groups is 1. The van der Waals surface area contributed by atoms with Gasteiger partial charge in [0.25, 0.3) is 0 Å². The predicted molar refractivity (Wildman–Crippen MR) is 107 cm³/mol. The molecular weight excluding hydrogens is 356 g/mol. The molecule has 1 unspecified atom stereocenters. The maximum atomic E-state index is 12.5. The van der Waals surface area contributed by atoms with E-state index in [0.29, 0.717) is 44.8 Å². The molecule has 2 heterocycles. The van der Waals surface area contributed by atoms with Crippen LogP contribution in [0.1, 0.15) is 24.5 Å². The minimum atomic E-state index is -0.530. The average molecular weight is 382 g/mol. The Morgan fingerprint density at radius 3 is 2.61 bits per heavy atom. The number of amides is 1. The summed E-state index contributed by atoms with van der Waals surface area (Å²) in [7, 11) is 0. The standard InChI is InChI=1S/C22H26N2O4/c1-2-23-13-17-11-20-21(28-15-27-20)12-19(17)24(9-8-22(23)26)14-18(25)10-16-6-4-3-5-7-16/h3-7,11-12,18,25H,2,8-10,13-15H2,1H3. The second kappa shape index (κ2) is 8.10. The molecule has 0 fully saturated rings. The van der Waals surface area contributed by atoms with Crippen molar-refractivity contribution in [1.29, 1.82) is 0 Å². The highest BCUT2D eigenvalue weighted by molar-refractivity contribution is 5.78. The molecule has 6 heteroatoms. The summed E-state index contributed by atoms with van der Waals surface area (Å²) in [6, 6.07) is 13.9. The highest BCUT2D eigenvalue weighted by Gasteiger charge is 2.27. The Bertz CT molecular complexity index is 840. The monoisotopic (exact) mass is 382 g/mol. The van der Waals surface area contributed by atoms with Gasteiger partial charge < -0.3 is 24.4 Å². The number of ether oxygens (including phenoxy) is 2. The predicted octanol–water partition coefficient (Wildman–Crippen LogP) is 2.58. The molecule has 2 aromatic rings. The molecule has 28 heavy (non-hydrogen) atoms. The van der Waals surface area contributed by atoms with E-state index in [1.165, 1.54) is 0 Å². The number of hydrogen-bond acceptors (Lipinski definition) is 5. The van der Waals surface area contributed by atoms with Crippen LogP contribution in [0.4, 0.5) is 5.69 Å². The molecule has 0 aliphatic carbocycles. The smallest absolute Gasteiger partial charge is 0.231 e. The van der Waals surface area contributed by atoms with Crippen molar-refractivity contribution in [3.05, 3.63) is 53.6 Å². The summed E-state index contributed by atoms with van der Waals surface area (Å²) in [5.41, 5.74) is 3.12. The lowest BCUT2D eigenvalue weighted by atomic mass is 10.0. The first-order chi connectivity index (χ1) is 13.6. The topological polar surface area (TPSA) is 62.2 Å². The number of carbonyl (C=O) groups is 1. The first kappa shape index (κ1) is 18.6. The summed E-state index contributed by atoms with van der Waals surface area (Å²) in [6.07, 6.45) is 0.476. The van der Waals surface area contributed by atoms with Crippen molar-refractivity contribution in [1.82, 2.24) is 4.90 Å². The summed E-state index contributed by atoms with van der Waals surface area (Å²) in [4.78, 5) is 16.5. The van der Waals surface area contributed by atoms with E-state index >= 15 is 0 Å². The molecule has 0 bridgehead atoms. The molecule has 2 aliphatic rings. The van der Waals surface area contributed by atoms with Crippen LogP contribution < -0.4 is 14.4 Å². The fourth-order valence-electron chi connectivity index (χ4n) is 3.88. The lowest BCUT2D eigenvalue weighted by Gasteiger charge is -2.34. The van der Waals surface area contributed by atoms with Gasteiger partial charge in [0.2, 0.25) is 12.7 Å². The van der Waals surface area contributed by atoms with Gasteiger partial charge in [-0.1, -0.05) is 30.3 Å². The maximum Gasteiger partial charge on any atom is 0.231 e. The highest BCUT2D eigenvalue weighted by Crippen LogP contribution is 2.39. The molecule has 1 atom stereocenters. The van der Waals surface area contributed by atoms with E-state index in [-0.39, 0.29) is 12.7 Å². The normalized spacial score (nSPS) is 17.1. The number of hydrogen-bond donors (Lipinski definition) is 1. The minimum Gasteiger partial charge on any atom is -0.454 e. The van der Waals surface area contributed by atoms with Crippen LogP contribution in [0.15, 0.2) is 42.5 Å². The number of rotatable bonds is 5. The van der Waals surface area contributed by atoms with Crippen LogP contribution in [0.3, 0.4) is 0 Å². The van der Waals surface area contributed by atoms with E-state index in [1.807, 2.05) is 54.3 Å². The molecule has 0 radical (unpaired) electrons. The number of aliphatic hydroxyl groups excluding tert-OH is 1. The van der Waals surface area contributed by atoms with Gasteiger partial charge in [-0.15, -0.1) is 0 Å². The molecule has 6 nitrogen and oxygen atoms in total. The third kappa shape index (κ3) is 3.92. The largest absolute Gasteiger partial charge is 0.454 e. The fraction of sp³-hybridized carbons (Fsp3) is 0.409. The molecule has 0 aromatic heterocycles. The van der Waals surface area contributed by atoms with Gasteiger partial charge in [-0.3, -0.25) is 4.79 Å². The van der Waals surface area contributed by atoms with Crippen LogP contribution in [0.5, 0.6) is 11.5 Å². The minimum absolute atomic E-state index is 0.133. The molecule has 0 saturated carbocycles. The average Bonchev–Trinajstić information content (AvgIpc) is 3.15. The van der Waals surface area contributed by atoms with Crippen molar-refractivity contribution < 1.29 is 19.4 Å². The van der Waals surface area contributed by atoms with Crippen LogP contribution >= 0.6 is 0 Å². The zero-order chi connectivity index (χ0) is 19.5. The number of benzene rings is 2. The van der Waals surface area contributed by atoms with Gasteiger partial charge in [-0.2, -0.15) is 0 Å². The number of carbonyl (C=O) groups excluding carboxylic acids is 1. The van der Waals surface area contributed by atoms with Gasteiger partial charge in [0.15, 0.2) is 11.5 Å². The van der Waals surface area contributed by atoms with E-state index in [2.05, 4.69) is 4.90 Å². The Balaban J connectivity index is 1.60. The molecule has 0 spiro atoms. The van der Waals surface area contributed by atoms with Crippen LogP contribution in [0, 0.1) is 0 Å². The van der Waals surface area contributed by atoms with E-state index in [9.17, 15) is 9.90 Å². The zero-order valence-corrected chi connectivity index (χ0v) is 16.1. The first-order valence-electron chi connectivity index (χ1n) is 9.81. The third-order valence-electron chi connectivity index (χ3n) is 5.35. The summed E-state index contributed by atoms with van der Waals surface area (Å²) in [5.74, 6) is 1.57. The number of anilines is 1. The molecular formula is C22H26N2O4. The van der Waals surface area contributed by atoms with Crippen molar-refractivity contribution in [2.24, 2.45) is 0 Å². The maximum absolute atomic E-state index is 12.5. The Morgan fingerprint density at radius 1 is 1.11 bits per heavy atom. The van der Waals surface area contributed by atoms with Crippen LogP contribution in [0.2, 0.25) is 0 Å². The summed E-state index contributed by atoms with van der Waals surface area (Å²) in [5, 5.41) is 10.7. The lowest BCUT2D eigenvalue weighted by molar-refractivity contribution is -0.131. The van der Waals surface area contributed by atoms with E-state index in [4.69, 9.17) is 9.47 Å². The van der Waals surface area contributed by atoms with Crippen molar-refractivity contribution in [2.45, 2.75) is 32.4 Å². The van der Waals surface area contributed by atoms with Crippen molar-refractivity contribution in [2.75, 3.05) is 31.3 Å². The second-order valence-corrected chi connectivity index (χ2v) is 7.28. The van der Waals surface area contributed by atoms with Crippen molar-refractivity contribution >= 4 is 11.6 Å². The lowest BCUT2D eigenvalue weighted by Crippen LogP contribution is -2.41. The number of β-amino-alcohol motifs (C(OH)–C–C–N with tert-alkyl or cyclic N) is 1. The van der Waals surface area contributed by atoms with E-state index < -0.39 is 6.10 Å². The molecule has 1 amide bonds. The number of fused-ring (bicyclic) bond motifs is 2. The summed E-state index contributed by atoms with van der Waals surface area (Å²) in [6.45, 7) is 4.43. The van der Waals surface area contributed by atoms with Gasteiger partial charge in [0, 0.05) is 50.8 Å².